The Morgan fingerprint density at radius 3 is 2.30 bits per heavy atom. The van der Waals surface area contributed by atoms with Crippen molar-refractivity contribution in [3.05, 3.63) is 92.9 Å². The summed E-state index contributed by atoms with van der Waals surface area (Å²) in [6.07, 6.45) is 2.38. The van der Waals surface area contributed by atoms with E-state index in [1.54, 1.807) is 19.1 Å². The summed E-state index contributed by atoms with van der Waals surface area (Å²) in [6.45, 7) is 2.43. The lowest BCUT2D eigenvalue weighted by Gasteiger charge is -2.31. The Labute approximate surface area is 250 Å². The van der Waals surface area contributed by atoms with Gasteiger partial charge in [-0.05, 0) is 74.1 Å². The van der Waals surface area contributed by atoms with Crippen molar-refractivity contribution in [2.75, 3.05) is 31.5 Å². The average molecular weight is 623 g/mol. The maximum Gasteiger partial charge on any atom is 0.254 e. The zero-order chi connectivity index (χ0) is 28.9. The van der Waals surface area contributed by atoms with Gasteiger partial charge in [0.25, 0.3) is 5.91 Å². The number of hydrogen-bond acceptors (Lipinski definition) is 4. The van der Waals surface area contributed by atoms with Crippen LogP contribution in [0, 0.1) is 5.92 Å². The lowest BCUT2D eigenvalue weighted by Crippen LogP contribution is -2.39. The largest absolute Gasteiger partial charge is 0.330 e. The third-order valence-electron chi connectivity index (χ3n) is 6.94. The van der Waals surface area contributed by atoms with Crippen molar-refractivity contribution < 1.29 is 18.0 Å². The smallest absolute Gasteiger partial charge is 0.254 e. The second-order valence-electron chi connectivity index (χ2n) is 9.67. The maximum absolute atomic E-state index is 13.6. The third kappa shape index (κ3) is 7.36. The Bertz CT molecular complexity index is 1480. The van der Waals surface area contributed by atoms with Crippen LogP contribution < -0.4 is 5.32 Å². The number of likely N-dealkylation sites (N-methyl/N-ethyl adjacent to an activating group) is 1. The van der Waals surface area contributed by atoms with Crippen molar-refractivity contribution in [3.8, 4) is 0 Å². The highest BCUT2D eigenvalue weighted by Gasteiger charge is 2.32. The van der Waals surface area contributed by atoms with Gasteiger partial charge in [-0.3, -0.25) is 9.59 Å². The summed E-state index contributed by atoms with van der Waals surface area (Å²) < 4.78 is 28.5. The van der Waals surface area contributed by atoms with Gasteiger partial charge >= 0.3 is 0 Å². The van der Waals surface area contributed by atoms with Crippen LogP contribution >= 0.6 is 34.8 Å². The first-order valence-corrected chi connectivity index (χ1v) is 15.5. The first-order chi connectivity index (χ1) is 19.1. The van der Waals surface area contributed by atoms with Crippen molar-refractivity contribution in [1.29, 1.82) is 0 Å². The molecule has 2 amide bonds. The number of carbonyl (C=O) groups excluding carboxylic acids is 2. The summed E-state index contributed by atoms with van der Waals surface area (Å²) >= 11 is 18.4. The van der Waals surface area contributed by atoms with Crippen molar-refractivity contribution in [2.45, 2.75) is 31.1 Å². The highest BCUT2D eigenvalue weighted by molar-refractivity contribution is 7.89. The molecule has 3 aromatic carbocycles. The van der Waals surface area contributed by atoms with Crippen LogP contribution in [0.15, 0.2) is 71.6 Å². The molecule has 1 aliphatic rings. The van der Waals surface area contributed by atoms with E-state index in [0.717, 1.165) is 19.3 Å². The quantitative estimate of drug-likeness (QED) is 0.300. The molecular formula is C29H30Cl3N3O4S. The number of amides is 2. The monoisotopic (exact) mass is 621 g/mol. The maximum atomic E-state index is 13.6. The number of nitrogens with zero attached hydrogens (tertiary/aromatic N) is 2. The molecule has 0 bridgehead atoms. The molecule has 1 heterocycles. The molecule has 212 valence electrons. The first-order valence-electron chi connectivity index (χ1n) is 13.0. The van der Waals surface area contributed by atoms with E-state index in [1.165, 1.54) is 39.0 Å². The Hall–Kier alpha value is -2.62. The van der Waals surface area contributed by atoms with Crippen molar-refractivity contribution in [1.82, 2.24) is 9.21 Å². The van der Waals surface area contributed by atoms with Gasteiger partial charge in [0, 0.05) is 30.2 Å². The number of anilines is 1. The van der Waals surface area contributed by atoms with Gasteiger partial charge in [-0.25, -0.2) is 8.42 Å². The fourth-order valence-corrected chi connectivity index (χ4v) is 7.05. The fourth-order valence-electron chi connectivity index (χ4n) is 4.74. The van der Waals surface area contributed by atoms with Crippen LogP contribution in [0.4, 0.5) is 5.69 Å². The van der Waals surface area contributed by atoms with Crippen LogP contribution in [0.5, 0.6) is 0 Å². The molecule has 4 rings (SSSR count). The molecule has 3 aromatic rings. The van der Waals surface area contributed by atoms with Crippen molar-refractivity contribution >= 4 is 62.3 Å². The minimum Gasteiger partial charge on any atom is -0.330 e. The van der Waals surface area contributed by atoms with Crippen molar-refractivity contribution in [3.63, 3.8) is 0 Å². The Morgan fingerprint density at radius 2 is 1.62 bits per heavy atom. The van der Waals surface area contributed by atoms with Crippen LogP contribution in [0.25, 0.3) is 0 Å². The van der Waals surface area contributed by atoms with Gasteiger partial charge in [-0.2, -0.15) is 4.31 Å². The molecule has 0 radical (unpaired) electrons. The van der Waals surface area contributed by atoms with Crippen LogP contribution in [-0.2, 0) is 21.2 Å². The molecule has 7 nitrogen and oxygen atoms in total. The number of nitrogens with one attached hydrogen (secondary N) is 1. The Balaban J connectivity index is 1.44. The van der Waals surface area contributed by atoms with E-state index in [2.05, 4.69) is 17.4 Å². The second kappa shape index (κ2) is 13.4. The van der Waals surface area contributed by atoms with E-state index in [-0.39, 0.29) is 28.6 Å². The number of piperidine rings is 1. The molecule has 1 N–H and O–H groups in total. The lowest BCUT2D eigenvalue weighted by atomic mass is 9.91. The summed E-state index contributed by atoms with van der Waals surface area (Å²) in [5.41, 5.74) is 1.69. The predicted molar refractivity (Wildman–Crippen MR) is 160 cm³/mol. The zero-order valence-electron chi connectivity index (χ0n) is 21.9. The van der Waals surface area contributed by atoms with E-state index >= 15 is 0 Å². The summed E-state index contributed by atoms with van der Waals surface area (Å²) in [6, 6.07) is 19.0. The highest BCUT2D eigenvalue weighted by Crippen LogP contribution is 2.31. The summed E-state index contributed by atoms with van der Waals surface area (Å²) in [5, 5.41) is 3.41. The van der Waals surface area contributed by atoms with Gasteiger partial charge < -0.3 is 10.2 Å². The average Bonchev–Trinajstić information content (AvgIpc) is 2.94. The highest BCUT2D eigenvalue weighted by atomic mass is 35.5. The topological polar surface area (TPSA) is 86.8 Å². The van der Waals surface area contributed by atoms with E-state index in [0.29, 0.717) is 34.7 Å². The molecule has 1 fully saturated rings. The number of hydrogen-bond donors (Lipinski definition) is 1. The van der Waals surface area contributed by atoms with Crippen LogP contribution in [0.1, 0.15) is 35.7 Å². The van der Waals surface area contributed by atoms with Gasteiger partial charge in [-0.15, -0.1) is 0 Å². The normalized spacial score (nSPS) is 14.6. The van der Waals surface area contributed by atoms with E-state index in [1.807, 2.05) is 18.2 Å². The van der Waals surface area contributed by atoms with Gasteiger partial charge in [0.2, 0.25) is 15.9 Å². The van der Waals surface area contributed by atoms with Crippen molar-refractivity contribution in [2.24, 2.45) is 5.92 Å². The molecule has 0 atom stereocenters. The minimum atomic E-state index is -3.93. The number of benzene rings is 3. The minimum absolute atomic E-state index is 0.0411. The van der Waals surface area contributed by atoms with Gasteiger partial charge in [0.15, 0.2) is 0 Å². The fraction of sp³-hybridized carbons (Fsp3) is 0.310. The summed E-state index contributed by atoms with van der Waals surface area (Å²) in [4.78, 5) is 27.2. The number of rotatable bonds is 9. The first kappa shape index (κ1) is 30.3. The second-order valence-corrected chi connectivity index (χ2v) is 12.8. The van der Waals surface area contributed by atoms with Gasteiger partial charge in [0.1, 0.15) is 11.4 Å². The standard InChI is InChI=1S/C29H30Cl3N3O4S/c1-2-34(19-28(36)33-26-18-23(30)9-11-24(26)31)29(37)22-8-10-25(32)27(17-22)40(38,39)35-14-12-21(13-15-35)16-20-6-4-3-5-7-20/h3-11,17-18,21H,2,12-16,19H2,1H3,(H,33,36). The SMILES string of the molecule is CCN(CC(=O)Nc1cc(Cl)ccc1Cl)C(=O)c1ccc(Cl)c(S(=O)(=O)N2CCC(Cc3ccccc3)CC2)c1. The molecule has 0 spiro atoms. The van der Waals surface area contributed by atoms with E-state index in [4.69, 9.17) is 34.8 Å². The van der Waals surface area contributed by atoms with Crippen LogP contribution in [0.2, 0.25) is 15.1 Å². The summed E-state index contributed by atoms with van der Waals surface area (Å²) in [5.74, 6) is -0.577. The van der Waals surface area contributed by atoms with Crippen LogP contribution in [-0.4, -0.2) is 55.6 Å². The number of halogens is 3. The molecule has 1 saturated heterocycles. The third-order valence-corrected chi connectivity index (χ3v) is 9.89. The van der Waals surface area contributed by atoms with E-state index in [9.17, 15) is 18.0 Å². The molecular weight excluding hydrogens is 593 g/mol. The van der Waals surface area contributed by atoms with E-state index < -0.39 is 21.8 Å². The van der Waals surface area contributed by atoms with Crippen LogP contribution in [0.3, 0.4) is 0 Å². The Kier molecular flexibility index (Phi) is 10.1. The van der Waals surface area contributed by atoms with Gasteiger partial charge in [-0.1, -0.05) is 65.1 Å². The molecule has 1 aliphatic heterocycles. The molecule has 0 saturated carbocycles. The molecule has 0 aliphatic carbocycles. The molecule has 0 aromatic heterocycles. The zero-order valence-corrected chi connectivity index (χ0v) is 25.0. The molecule has 40 heavy (non-hydrogen) atoms. The Morgan fingerprint density at radius 1 is 0.950 bits per heavy atom. The molecule has 11 heteroatoms. The number of sulfonamides is 1. The summed E-state index contributed by atoms with van der Waals surface area (Å²) in [7, 11) is -3.93. The van der Waals surface area contributed by atoms with Gasteiger partial charge in [0.05, 0.1) is 15.7 Å². The number of carbonyl (C=O) groups is 2. The lowest BCUT2D eigenvalue weighted by molar-refractivity contribution is -0.116. The predicted octanol–water partition coefficient (Wildman–Crippen LogP) is 6.39. The molecule has 0 unspecified atom stereocenters.